The molecule has 0 atom stereocenters. The normalized spacial score (nSPS) is 13.0. The lowest BCUT2D eigenvalue weighted by Gasteiger charge is -2.12. The number of nitrogens with zero attached hydrogens (tertiary/aromatic N) is 4. The van der Waals surface area contributed by atoms with Crippen molar-refractivity contribution in [3.8, 4) is 51.0 Å². The van der Waals surface area contributed by atoms with Gasteiger partial charge in [-0.3, -0.25) is 0 Å². The Labute approximate surface area is 299 Å². The summed E-state index contributed by atoms with van der Waals surface area (Å²) in [5.41, 5.74) is 6.49. The second-order valence-corrected chi connectivity index (χ2v) is 13.1. The standard InChI is InChI=1S/C45H28N4S/c1-4-14-29(15-5-1)33-21-12-23-37-35-27-26-31(28-40(35)50-42(33)37)44-46-43(30-16-6-2-7-17-30)47-45(48-44)38-24-13-22-36-34-20-10-11-25-39(34)49(41(36)38)32-18-8-3-9-19-32/h1-28H/i1D,4D,5D,14D,15D. The molecule has 234 valence electrons. The zero-order valence-electron chi connectivity index (χ0n) is 31.5. The maximum Gasteiger partial charge on any atom is 0.166 e. The van der Waals surface area contributed by atoms with Crippen LogP contribution in [0.5, 0.6) is 0 Å². The van der Waals surface area contributed by atoms with E-state index in [-0.39, 0.29) is 29.7 Å². The zero-order chi connectivity index (χ0) is 37.4. The molecule has 0 amide bonds. The minimum absolute atomic E-state index is 0.195. The van der Waals surface area contributed by atoms with Gasteiger partial charge in [0.1, 0.15) is 0 Å². The molecular weight excluding hydrogens is 629 g/mol. The van der Waals surface area contributed by atoms with E-state index in [1.165, 1.54) is 11.3 Å². The number of hydrogen-bond acceptors (Lipinski definition) is 4. The molecule has 10 aromatic rings. The third kappa shape index (κ3) is 4.63. The van der Waals surface area contributed by atoms with E-state index in [1.54, 1.807) is 0 Å². The lowest BCUT2D eigenvalue weighted by atomic mass is 10.0. The fraction of sp³-hybridized carbons (Fsp3) is 0. The summed E-state index contributed by atoms with van der Waals surface area (Å²) in [7, 11) is 0. The first-order valence-corrected chi connectivity index (χ1v) is 17.1. The molecule has 0 spiro atoms. The summed E-state index contributed by atoms with van der Waals surface area (Å²) in [6, 6.07) is 45.3. The van der Waals surface area contributed by atoms with Crippen molar-refractivity contribution in [3.05, 3.63) is 170 Å². The van der Waals surface area contributed by atoms with Crippen molar-refractivity contribution in [2.75, 3.05) is 0 Å². The van der Waals surface area contributed by atoms with Crippen LogP contribution < -0.4 is 0 Å². The number of rotatable bonds is 5. The second kappa shape index (κ2) is 11.6. The van der Waals surface area contributed by atoms with Gasteiger partial charge in [0, 0.05) is 53.3 Å². The van der Waals surface area contributed by atoms with Crippen molar-refractivity contribution in [3.63, 3.8) is 0 Å². The molecule has 0 aliphatic carbocycles. The zero-order valence-corrected chi connectivity index (χ0v) is 27.3. The number of aromatic nitrogens is 4. The molecule has 4 nitrogen and oxygen atoms in total. The van der Waals surface area contributed by atoms with E-state index in [9.17, 15) is 0 Å². The highest BCUT2D eigenvalue weighted by molar-refractivity contribution is 7.26. The molecule has 0 fully saturated rings. The van der Waals surface area contributed by atoms with Crippen LogP contribution in [0.2, 0.25) is 0 Å². The number of para-hydroxylation sites is 3. The Bertz CT molecular complexity index is 3130. The summed E-state index contributed by atoms with van der Waals surface area (Å²) >= 11 is 1.52. The topological polar surface area (TPSA) is 43.6 Å². The molecular formula is C45H28N4S. The van der Waals surface area contributed by atoms with Gasteiger partial charge in [0.25, 0.3) is 0 Å². The summed E-state index contributed by atoms with van der Waals surface area (Å²) in [5.74, 6) is 1.63. The van der Waals surface area contributed by atoms with Crippen LogP contribution in [0.4, 0.5) is 0 Å². The van der Waals surface area contributed by atoms with Gasteiger partial charge in [0.2, 0.25) is 0 Å². The maximum absolute atomic E-state index is 8.66. The fourth-order valence-electron chi connectivity index (χ4n) is 6.91. The molecule has 0 aliphatic heterocycles. The molecule has 0 unspecified atom stereocenters. The van der Waals surface area contributed by atoms with E-state index in [0.29, 0.717) is 23.0 Å². The van der Waals surface area contributed by atoms with E-state index in [0.717, 1.165) is 64.4 Å². The summed E-state index contributed by atoms with van der Waals surface area (Å²) in [6.45, 7) is 0. The van der Waals surface area contributed by atoms with Crippen molar-refractivity contribution in [2.45, 2.75) is 0 Å². The van der Waals surface area contributed by atoms with Gasteiger partial charge in [-0.25, -0.2) is 15.0 Å². The number of hydrogen-bond donors (Lipinski definition) is 0. The van der Waals surface area contributed by atoms with Crippen molar-refractivity contribution in [1.82, 2.24) is 19.5 Å². The Morgan fingerprint density at radius 2 is 1.14 bits per heavy atom. The van der Waals surface area contributed by atoms with Gasteiger partial charge in [0.05, 0.1) is 17.9 Å². The molecule has 3 heterocycles. The lowest BCUT2D eigenvalue weighted by Crippen LogP contribution is -2.02. The summed E-state index contributed by atoms with van der Waals surface area (Å²) in [6.07, 6.45) is 0. The van der Waals surface area contributed by atoms with Crippen molar-refractivity contribution in [1.29, 1.82) is 0 Å². The first-order valence-electron chi connectivity index (χ1n) is 18.8. The smallest absolute Gasteiger partial charge is 0.166 e. The molecule has 0 bridgehead atoms. The van der Waals surface area contributed by atoms with E-state index in [2.05, 4.69) is 71.3 Å². The average molecular weight is 662 g/mol. The molecule has 10 rings (SSSR count). The van der Waals surface area contributed by atoms with Crippen LogP contribution in [0, 0.1) is 0 Å². The van der Waals surface area contributed by atoms with Crippen molar-refractivity contribution >= 4 is 53.3 Å². The van der Waals surface area contributed by atoms with Gasteiger partial charge in [-0.1, -0.05) is 139 Å². The van der Waals surface area contributed by atoms with E-state index in [4.69, 9.17) is 21.8 Å². The largest absolute Gasteiger partial charge is 0.309 e. The summed E-state index contributed by atoms with van der Waals surface area (Å²) < 4.78 is 46.1. The van der Waals surface area contributed by atoms with Gasteiger partial charge in [-0.2, -0.15) is 0 Å². The Hall–Kier alpha value is -6.43. The summed E-state index contributed by atoms with van der Waals surface area (Å²) in [4.78, 5) is 15.4. The quantitative estimate of drug-likeness (QED) is 0.184. The average Bonchev–Trinajstić information content (AvgIpc) is 3.79. The monoisotopic (exact) mass is 661 g/mol. The van der Waals surface area contributed by atoms with E-state index < -0.39 is 6.04 Å². The minimum atomic E-state index is -0.406. The van der Waals surface area contributed by atoms with Crippen molar-refractivity contribution < 1.29 is 6.85 Å². The predicted octanol–water partition coefficient (Wildman–Crippen LogP) is 12.0. The van der Waals surface area contributed by atoms with Crippen LogP contribution in [0.3, 0.4) is 0 Å². The Morgan fingerprint density at radius 1 is 0.480 bits per heavy atom. The first-order chi connectivity index (χ1) is 26.9. The van der Waals surface area contributed by atoms with E-state index >= 15 is 0 Å². The third-order valence-corrected chi connectivity index (χ3v) is 10.3. The molecule has 0 saturated carbocycles. The van der Waals surface area contributed by atoms with Gasteiger partial charge in [-0.05, 0) is 41.5 Å². The second-order valence-electron chi connectivity index (χ2n) is 12.1. The molecule has 0 N–H and O–H groups in total. The minimum Gasteiger partial charge on any atom is -0.309 e. The van der Waals surface area contributed by atoms with Gasteiger partial charge in [0.15, 0.2) is 17.5 Å². The van der Waals surface area contributed by atoms with Crippen LogP contribution in [0.1, 0.15) is 6.85 Å². The van der Waals surface area contributed by atoms with E-state index in [1.807, 2.05) is 72.8 Å². The molecule has 5 heteroatoms. The number of benzene rings is 7. The Morgan fingerprint density at radius 3 is 1.96 bits per heavy atom. The highest BCUT2D eigenvalue weighted by Gasteiger charge is 2.20. The van der Waals surface area contributed by atoms with Crippen LogP contribution in [-0.2, 0) is 0 Å². The highest BCUT2D eigenvalue weighted by atomic mass is 32.1. The summed E-state index contributed by atoms with van der Waals surface area (Å²) in [5, 5.41) is 4.17. The molecule has 3 aromatic heterocycles. The molecule has 50 heavy (non-hydrogen) atoms. The van der Waals surface area contributed by atoms with Crippen molar-refractivity contribution in [2.24, 2.45) is 0 Å². The molecule has 0 saturated heterocycles. The maximum atomic E-state index is 8.66. The predicted molar refractivity (Wildman–Crippen MR) is 209 cm³/mol. The lowest BCUT2D eigenvalue weighted by molar-refractivity contribution is 1.07. The Balaban J connectivity index is 1.20. The highest BCUT2D eigenvalue weighted by Crippen LogP contribution is 2.42. The third-order valence-electron chi connectivity index (χ3n) is 9.14. The van der Waals surface area contributed by atoms with Crippen LogP contribution in [-0.4, -0.2) is 19.5 Å². The first kappa shape index (κ1) is 23.8. The Kier molecular flexibility index (Phi) is 5.54. The van der Waals surface area contributed by atoms with Crippen LogP contribution in [0.15, 0.2) is 170 Å². The SMILES string of the molecule is [2H]c1c([2H])c([2H])c(-c2cccc3c2sc2cc(-c4nc(-c5ccccc5)nc(-c5cccc6c7ccccc7n(-c7ccccc7)c56)n4)ccc23)c([2H])c1[2H]. The molecule has 0 radical (unpaired) electrons. The van der Waals surface area contributed by atoms with Gasteiger partial charge >= 0.3 is 0 Å². The van der Waals surface area contributed by atoms with Gasteiger partial charge in [-0.15, -0.1) is 11.3 Å². The van der Waals surface area contributed by atoms with Gasteiger partial charge < -0.3 is 4.57 Å². The van der Waals surface area contributed by atoms with Crippen LogP contribution in [0.25, 0.3) is 93.0 Å². The fourth-order valence-corrected chi connectivity index (χ4v) is 8.17. The molecule has 7 aromatic carbocycles. The number of fused-ring (bicyclic) bond motifs is 6. The van der Waals surface area contributed by atoms with Crippen LogP contribution >= 0.6 is 11.3 Å². The number of thiophene rings is 1. The molecule has 0 aliphatic rings.